The average Bonchev–Trinajstić information content (AvgIpc) is 2.30. The lowest BCUT2D eigenvalue weighted by atomic mass is 10.3. The minimum atomic E-state index is 0.547. The van der Waals surface area contributed by atoms with Gasteiger partial charge in [0.2, 0.25) is 0 Å². The van der Waals surface area contributed by atoms with Crippen molar-refractivity contribution < 1.29 is 14.2 Å². The van der Waals surface area contributed by atoms with Crippen LogP contribution in [0, 0.1) is 0 Å². The van der Waals surface area contributed by atoms with Gasteiger partial charge in [-0.05, 0) is 24.3 Å². The van der Waals surface area contributed by atoms with E-state index in [-0.39, 0.29) is 0 Å². The van der Waals surface area contributed by atoms with Gasteiger partial charge < -0.3 is 14.2 Å². The van der Waals surface area contributed by atoms with Gasteiger partial charge in [-0.15, -0.1) is 0 Å². The number of rotatable bonds is 8. The van der Waals surface area contributed by atoms with Crippen LogP contribution in [0.25, 0.3) is 0 Å². The van der Waals surface area contributed by atoms with Crippen molar-refractivity contribution in [1.82, 2.24) is 0 Å². The standard InChI is InChI=1S/C11H14Br2O3/c12-9-15-6-5-14-7-8-16-11-3-1-10(13)2-4-11/h1-4H,5-9H2. The molecule has 0 aromatic heterocycles. The van der Waals surface area contributed by atoms with Crippen molar-refractivity contribution >= 4 is 31.9 Å². The maximum Gasteiger partial charge on any atom is 0.119 e. The predicted octanol–water partition coefficient (Wildman–Crippen LogP) is 3.21. The molecule has 90 valence electrons. The first-order valence-electron chi connectivity index (χ1n) is 4.93. The van der Waals surface area contributed by atoms with Crippen LogP contribution in [0.1, 0.15) is 0 Å². The van der Waals surface area contributed by atoms with Gasteiger partial charge in [0, 0.05) is 4.47 Å². The summed E-state index contributed by atoms with van der Waals surface area (Å²) in [6.45, 7) is 2.32. The number of alkyl halides is 1. The summed E-state index contributed by atoms with van der Waals surface area (Å²) in [5.74, 6) is 0.850. The highest BCUT2D eigenvalue weighted by Crippen LogP contribution is 2.15. The molecule has 0 unspecified atom stereocenters. The number of hydrogen-bond donors (Lipinski definition) is 0. The first kappa shape index (κ1) is 14.0. The Morgan fingerprint density at radius 3 is 2.19 bits per heavy atom. The Morgan fingerprint density at radius 2 is 1.50 bits per heavy atom. The lowest BCUT2D eigenvalue weighted by Gasteiger charge is -2.07. The van der Waals surface area contributed by atoms with Gasteiger partial charge in [-0.1, -0.05) is 31.9 Å². The van der Waals surface area contributed by atoms with Crippen LogP contribution >= 0.6 is 31.9 Å². The Morgan fingerprint density at radius 1 is 0.875 bits per heavy atom. The fourth-order valence-corrected chi connectivity index (χ4v) is 1.52. The van der Waals surface area contributed by atoms with E-state index >= 15 is 0 Å². The van der Waals surface area contributed by atoms with Crippen LogP contribution < -0.4 is 4.74 Å². The van der Waals surface area contributed by atoms with Crippen molar-refractivity contribution in [2.45, 2.75) is 0 Å². The average molecular weight is 354 g/mol. The molecule has 1 aromatic rings. The highest BCUT2D eigenvalue weighted by molar-refractivity contribution is 9.10. The topological polar surface area (TPSA) is 27.7 Å². The van der Waals surface area contributed by atoms with Crippen molar-refractivity contribution in [3.8, 4) is 5.75 Å². The van der Waals surface area contributed by atoms with Crippen LogP contribution in [-0.4, -0.2) is 31.9 Å². The predicted molar refractivity (Wildman–Crippen MR) is 70.2 cm³/mol. The van der Waals surface area contributed by atoms with E-state index in [2.05, 4.69) is 31.9 Å². The van der Waals surface area contributed by atoms with E-state index in [0.29, 0.717) is 31.9 Å². The molecular weight excluding hydrogens is 340 g/mol. The zero-order valence-corrected chi connectivity index (χ0v) is 12.0. The molecule has 0 saturated heterocycles. The second-order valence-corrected chi connectivity index (χ2v) is 4.31. The van der Waals surface area contributed by atoms with E-state index in [0.717, 1.165) is 10.2 Å². The van der Waals surface area contributed by atoms with Crippen molar-refractivity contribution in [3.63, 3.8) is 0 Å². The molecule has 0 fully saturated rings. The molecule has 16 heavy (non-hydrogen) atoms. The molecule has 5 heteroatoms. The van der Waals surface area contributed by atoms with Crippen LogP contribution in [0.15, 0.2) is 28.7 Å². The molecule has 0 aliphatic carbocycles. The summed E-state index contributed by atoms with van der Waals surface area (Å²) in [5, 5.41) is 0. The second-order valence-electron chi connectivity index (χ2n) is 2.93. The third kappa shape index (κ3) is 6.48. The molecule has 0 heterocycles. The van der Waals surface area contributed by atoms with Crippen LogP contribution in [0.4, 0.5) is 0 Å². The molecule has 3 nitrogen and oxygen atoms in total. The molecule has 0 N–H and O–H groups in total. The van der Waals surface area contributed by atoms with Crippen LogP contribution in [0.2, 0.25) is 0 Å². The van der Waals surface area contributed by atoms with Crippen LogP contribution in [0.3, 0.4) is 0 Å². The van der Waals surface area contributed by atoms with Crippen molar-refractivity contribution in [3.05, 3.63) is 28.7 Å². The number of hydrogen-bond acceptors (Lipinski definition) is 3. The minimum Gasteiger partial charge on any atom is -0.491 e. The molecule has 0 aliphatic heterocycles. The smallest absolute Gasteiger partial charge is 0.119 e. The van der Waals surface area contributed by atoms with E-state index in [4.69, 9.17) is 14.2 Å². The molecule has 0 bridgehead atoms. The SMILES string of the molecule is BrCOCCOCCOc1ccc(Br)cc1. The van der Waals surface area contributed by atoms with Gasteiger partial charge in [0.05, 0.1) is 19.8 Å². The Kier molecular flexibility index (Phi) is 7.84. The quantitative estimate of drug-likeness (QED) is 0.530. The Labute approximate surface area is 112 Å². The Bertz CT molecular complexity index is 277. The summed E-state index contributed by atoms with van der Waals surface area (Å²) in [7, 11) is 0. The molecule has 0 amide bonds. The molecule has 0 saturated carbocycles. The summed E-state index contributed by atoms with van der Waals surface area (Å²) in [6, 6.07) is 7.72. The fourth-order valence-electron chi connectivity index (χ4n) is 1.02. The van der Waals surface area contributed by atoms with E-state index in [9.17, 15) is 0 Å². The molecule has 0 atom stereocenters. The summed E-state index contributed by atoms with van der Waals surface area (Å²) in [6.07, 6.45) is 0. The first-order valence-corrected chi connectivity index (χ1v) is 6.84. The van der Waals surface area contributed by atoms with E-state index in [1.165, 1.54) is 0 Å². The zero-order valence-electron chi connectivity index (χ0n) is 8.83. The highest BCUT2D eigenvalue weighted by Gasteiger charge is 1.94. The Balaban J connectivity index is 2.01. The molecule has 1 rings (SSSR count). The van der Waals surface area contributed by atoms with Crippen molar-refractivity contribution in [1.29, 1.82) is 0 Å². The van der Waals surface area contributed by atoms with Gasteiger partial charge in [0.1, 0.15) is 17.9 Å². The van der Waals surface area contributed by atoms with Gasteiger partial charge in [-0.3, -0.25) is 0 Å². The van der Waals surface area contributed by atoms with Crippen LogP contribution in [0.5, 0.6) is 5.75 Å². The minimum absolute atomic E-state index is 0.547. The lowest BCUT2D eigenvalue weighted by molar-refractivity contribution is 0.0513. The summed E-state index contributed by atoms with van der Waals surface area (Å²) in [4.78, 5) is 0. The maximum absolute atomic E-state index is 5.47. The number of benzene rings is 1. The lowest BCUT2D eigenvalue weighted by Crippen LogP contribution is -2.10. The second kappa shape index (κ2) is 8.98. The van der Waals surface area contributed by atoms with Gasteiger partial charge in [0.15, 0.2) is 0 Å². The van der Waals surface area contributed by atoms with Gasteiger partial charge >= 0.3 is 0 Å². The molecule has 0 aliphatic rings. The molecule has 0 radical (unpaired) electrons. The third-order valence-electron chi connectivity index (χ3n) is 1.76. The van der Waals surface area contributed by atoms with Crippen LogP contribution in [-0.2, 0) is 9.47 Å². The zero-order chi connectivity index (χ0) is 11.6. The largest absolute Gasteiger partial charge is 0.491 e. The molecular formula is C11H14Br2O3. The number of halogens is 2. The molecule has 0 spiro atoms. The van der Waals surface area contributed by atoms with E-state index in [1.807, 2.05) is 24.3 Å². The Hall–Kier alpha value is -0.100. The monoisotopic (exact) mass is 352 g/mol. The van der Waals surface area contributed by atoms with Gasteiger partial charge in [-0.25, -0.2) is 0 Å². The summed E-state index contributed by atoms with van der Waals surface area (Å²) in [5.41, 5.74) is 0.547. The normalized spacial score (nSPS) is 10.4. The van der Waals surface area contributed by atoms with Gasteiger partial charge in [0.25, 0.3) is 0 Å². The third-order valence-corrected chi connectivity index (χ3v) is 2.61. The fraction of sp³-hybridized carbons (Fsp3) is 0.455. The summed E-state index contributed by atoms with van der Waals surface area (Å²) >= 11 is 6.53. The van der Waals surface area contributed by atoms with E-state index in [1.54, 1.807) is 0 Å². The van der Waals surface area contributed by atoms with Crippen molar-refractivity contribution in [2.24, 2.45) is 0 Å². The highest BCUT2D eigenvalue weighted by atomic mass is 79.9. The maximum atomic E-state index is 5.47. The number of ether oxygens (including phenoxy) is 3. The summed E-state index contributed by atoms with van der Waals surface area (Å²) < 4.78 is 16.9. The van der Waals surface area contributed by atoms with Gasteiger partial charge in [-0.2, -0.15) is 0 Å². The van der Waals surface area contributed by atoms with E-state index < -0.39 is 0 Å². The van der Waals surface area contributed by atoms with Crippen molar-refractivity contribution in [2.75, 3.05) is 31.9 Å². The first-order chi connectivity index (χ1) is 7.83. The molecule has 1 aromatic carbocycles.